The predicted molar refractivity (Wildman–Crippen MR) is 93.7 cm³/mol. The summed E-state index contributed by atoms with van der Waals surface area (Å²) < 4.78 is 5.56. The molecule has 0 saturated carbocycles. The van der Waals surface area contributed by atoms with Crippen LogP contribution in [0.1, 0.15) is 16.7 Å². The Morgan fingerprint density at radius 1 is 1.17 bits per heavy atom. The number of hydrogen-bond donors (Lipinski definition) is 2. The minimum absolute atomic E-state index is 0.00741. The molecule has 0 unspecified atom stereocenters. The number of amides is 1. The van der Waals surface area contributed by atoms with Crippen molar-refractivity contribution in [3.63, 3.8) is 0 Å². The van der Waals surface area contributed by atoms with Crippen LogP contribution < -0.4 is 10.1 Å². The van der Waals surface area contributed by atoms with Crippen LogP contribution in [0.15, 0.2) is 59.2 Å². The Balaban J connectivity index is 1.68. The van der Waals surface area contributed by atoms with Gasteiger partial charge in [0.15, 0.2) is 0 Å². The number of benzene rings is 1. The first-order valence-electron chi connectivity index (χ1n) is 8.03. The molecule has 2 N–H and O–H groups in total. The average molecular weight is 323 g/mol. The lowest BCUT2D eigenvalue weighted by Crippen LogP contribution is -2.24. The number of aryl methyl sites for hydroxylation is 2. The number of allylic oxidation sites excluding steroid dienone is 6. The number of aliphatic hydroxyl groups excluding tert-OH is 1. The number of nitrogens with one attached hydrogen (secondary N) is 1. The molecule has 4 nitrogen and oxygen atoms in total. The van der Waals surface area contributed by atoms with Crippen LogP contribution in [0, 0.1) is 13.8 Å². The van der Waals surface area contributed by atoms with E-state index in [1.165, 1.54) is 0 Å². The van der Waals surface area contributed by atoms with Crippen molar-refractivity contribution in [2.24, 2.45) is 0 Å². The van der Waals surface area contributed by atoms with E-state index in [0.717, 1.165) is 33.6 Å². The molecule has 0 fully saturated rings. The molecule has 124 valence electrons. The van der Waals surface area contributed by atoms with Crippen LogP contribution in [0.25, 0.3) is 0 Å². The zero-order chi connectivity index (χ0) is 17.1. The number of ether oxygens (including phenoxy) is 1. The van der Waals surface area contributed by atoms with E-state index in [9.17, 15) is 4.79 Å². The van der Waals surface area contributed by atoms with Gasteiger partial charge in [-0.2, -0.15) is 0 Å². The third-order valence-electron chi connectivity index (χ3n) is 4.12. The maximum Gasteiger partial charge on any atom is 0.252 e. The smallest absolute Gasteiger partial charge is 0.252 e. The number of fused-ring (bicyclic) bond motifs is 1. The molecule has 1 amide bonds. The monoisotopic (exact) mass is 323 g/mol. The van der Waals surface area contributed by atoms with Gasteiger partial charge >= 0.3 is 0 Å². The maximum atomic E-state index is 12.4. The second-order valence-electron chi connectivity index (χ2n) is 5.96. The predicted octanol–water partition coefficient (Wildman–Crippen LogP) is 2.65. The fraction of sp³-hybridized carbons (Fsp3) is 0.250. The quantitative estimate of drug-likeness (QED) is 0.846. The standard InChI is InChI=1S/C20H21NO3/c1-13-10-15(11-14(2)19(13)24-9-8-22)12-21-20(23)18-7-6-16-4-3-5-17(16)18/h3-7,10-11,22H,8-9,12H2,1-2H3,(H,21,23). The van der Waals surface area contributed by atoms with E-state index in [1.54, 1.807) is 0 Å². The first-order chi connectivity index (χ1) is 11.6. The molecule has 4 heteroatoms. The van der Waals surface area contributed by atoms with Gasteiger partial charge in [-0.25, -0.2) is 0 Å². The third-order valence-corrected chi connectivity index (χ3v) is 4.12. The number of aliphatic hydroxyl groups is 1. The van der Waals surface area contributed by atoms with Crippen LogP contribution in [-0.4, -0.2) is 24.2 Å². The van der Waals surface area contributed by atoms with Crippen molar-refractivity contribution in [3.8, 4) is 5.75 Å². The third kappa shape index (κ3) is 3.19. The van der Waals surface area contributed by atoms with Gasteiger partial charge in [0.2, 0.25) is 0 Å². The lowest BCUT2D eigenvalue weighted by atomic mass is 10.1. The first kappa shape index (κ1) is 16.3. The highest BCUT2D eigenvalue weighted by atomic mass is 16.5. The van der Waals surface area contributed by atoms with Gasteiger partial charge in [0, 0.05) is 12.1 Å². The minimum Gasteiger partial charge on any atom is -0.491 e. The summed E-state index contributed by atoms with van der Waals surface area (Å²) in [5.74, 6) is 0.737. The maximum absolute atomic E-state index is 12.4. The fourth-order valence-corrected chi connectivity index (χ4v) is 3.08. The van der Waals surface area contributed by atoms with Crippen LogP contribution in [-0.2, 0) is 11.3 Å². The second-order valence-corrected chi connectivity index (χ2v) is 5.96. The summed E-state index contributed by atoms with van der Waals surface area (Å²) in [4.78, 5) is 12.4. The molecule has 0 bridgehead atoms. The van der Waals surface area contributed by atoms with Crippen molar-refractivity contribution >= 4 is 5.91 Å². The normalized spacial score (nSPS) is 14.9. The largest absolute Gasteiger partial charge is 0.491 e. The van der Waals surface area contributed by atoms with E-state index >= 15 is 0 Å². The van der Waals surface area contributed by atoms with Gasteiger partial charge in [-0.05, 0) is 47.8 Å². The van der Waals surface area contributed by atoms with E-state index < -0.39 is 0 Å². The molecular formula is C20H21NO3. The number of carbonyl (C=O) groups is 1. The van der Waals surface area contributed by atoms with Crippen LogP contribution in [0.3, 0.4) is 0 Å². The highest BCUT2D eigenvalue weighted by Crippen LogP contribution is 2.30. The summed E-state index contributed by atoms with van der Waals surface area (Å²) in [5.41, 5.74) is 5.83. The van der Waals surface area contributed by atoms with Gasteiger partial charge in [0.05, 0.1) is 6.61 Å². The number of carbonyl (C=O) groups excluding carboxylic acids is 1. The fourth-order valence-electron chi connectivity index (χ4n) is 3.08. The van der Waals surface area contributed by atoms with Crippen molar-refractivity contribution in [3.05, 3.63) is 75.9 Å². The van der Waals surface area contributed by atoms with Gasteiger partial charge in [0.1, 0.15) is 12.4 Å². The van der Waals surface area contributed by atoms with E-state index in [1.807, 2.05) is 56.4 Å². The molecule has 24 heavy (non-hydrogen) atoms. The lowest BCUT2D eigenvalue weighted by Gasteiger charge is -2.14. The molecule has 2 aliphatic carbocycles. The van der Waals surface area contributed by atoms with Crippen molar-refractivity contribution in [2.45, 2.75) is 20.4 Å². The van der Waals surface area contributed by atoms with Gasteiger partial charge in [-0.1, -0.05) is 36.4 Å². The van der Waals surface area contributed by atoms with Crippen LogP contribution in [0.5, 0.6) is 5.75 Å². The summed E-state index contributed by atoms with van der Waals surface area (Å²) >= 11 is 0. The SMILES string of the molecule is Cc1cc(CNC(=O)C2=C3C=CC=C3C=C2)cc(C)c1OCCO. The second kappa shape index (κ2) is 6.89. The summed E-state index contributed by atoms with van der Waals surface area (Å²) in [6.07, 6.45) is 9.75. The van der Waals surface area contributed by atoms with Crippen LogP contribution >= 0.6 is 0 Å². The molecule has 0 heterocycles. The van der Waals surface area contributed by atoms with E-state index in [-0.39, 0.29) is 19.1 Å². The van der Waals surface area contributed by atoms with Gasteiger partial charge in [0.25, 0.3) is 5.91 Å². The summed E-state index contributed by atoms with van der Waals surface area (Å²) in [6, 6.07) is 4.01. The Hall–Kier alpha value is -2.59. The molecule has 0 saturated heterocycles. The minimum atomic E-state index is -0.0629. The Bertz CT molecular complexity index is 774. The lowest BCUT2D eigenvalue weighted by molar-refractivity contribution is -0.117. The Morgan fingerprint density at radius 3 is 2.62 bits per heavy atom. The van der Waals surface area contributed by atoms with Crippen molar-refractivity contribution in [1.82, 2.24) is 5.32 Å². The topological polar surface area (TPSA) is 58.6 Å². The van der Waals surface area contributed by atoms with E-state index in [4.69, 9.17) is 9.84 Å². The highest BCUT2D eigenvalue weighted by molar-refractivity contribution is 6.00. The number of rotatable bonds is 6. The summed E-state index contributed by atoms with van der Waals surface area (Å²) in [6.45, 7) is 4.68. The van der Waals surface area contributed by atoms with Gasteiger partial charge < -0.3 is 15.2 Å². The Labute approximate surface area is 141 Å². The molecular weight excluding hydrogens is 302 g/mol. The van der Waals surface area contributed by atoms with Gasteiger partial charge in [-0.3, -0.25) is 4.79 Å². The van der Waals surface area contributed by atoms with Crippen molar-refractivity contribution < 1.29 is 14.6 Å². The molecule has 3 rings (SSSR count). The molecule has 0 atom stereocenters. The average Bonchev–Trinajstić information content (AvgIpc) is 3.15. The van der Waals surface area contributed by atoms with E-state index in [0.29, 0.717) is 12.1 Å². The number of hydrogen-bond acceptors (Lipinski definition) is 3. The summed E-state index contributed by atoms with van der Waals surface area (Å²) in [5, 5.41) is 11.9. The molecule has 1 aromatic rings. The molecule has 0 radical (unpaired) electrons. The highest BCUT2D eigenvalue weighted by Gasteiger charge is 2.20. The molecule has 0 aromatic heterocycles. The van der Waals surface area contributed by atoms with Crippen molar-refractivity contribution in [2.75, 3.05) is 13.2 Å². The summed E-state index contributed by atoms with van der Waals surface area (Å²) in [7, 11) is 0. The zero-order valence-corrected chi connectivity index (χ0v) is 13.9. The van der Waals surface area contributed by atoms with Crippen LogP contribution in [0.2, 0.25) is 0 Å². The Morgan fingerprint density at radius 2 is 1.92 bits per heavy atom. The molecule has 0 aliphatic heterocycles. The van der Waals surface area contributed by atoms with Crippen LogP contribution in [0.4, 0.5) is 0 Å². The van der Waals surface area contributed by atoms with E-state index in [2.05, 4.69) is 5.32 Å². The van der Waals surface area contributed by atoms with Gasteiger partial charge in [-0.15, -0.1) is 0 Å². The van der Waals surface area contributed by atoms with Crippen molar-refractivity contribution in [1.29, 1.82) is 0 Å². The zero-order valence-electron chi connectivity index (χ0n) is 13.9. The first-order valence-corrected chi connectivity index (χ1v) is 8.03. The molecule has 2 aliphatic rings. The molecule has 0 spiro atoms. The molecule has 1 aromatic carbocycles. The Kier molecular flexibility index (Phi) is 4.67.